The molecule has 1 atom stereocenters. The molecule has 1 aromatic carbocycles. The molecule has 1 amide bonds. The third-order valence-corrected chi connectivity index (χ3v) is 3.55. The molecule has 1 aliphatic rings. The molecular weight excluding hydrogens is 273 g/mol. The Balaban J connectivity index is 2.08. The molecule has 2 rings (SSSR count). The number of amides is 1. The molecule has 0 heterocycles. The van der Waals surface area contributed by atoms with Gasteiger partial charge in [-0.15, -0.1) is 0 Å². The fourth-order valence-corrected chi connectivity index (χ4v) is 2.20. The zero-order valence-electron chi connectivity index (χ0n) is 11.8. The molecule has 0 radical (unpaired) electrons. The fourth-order valence-electron chi connectivity index (χ4n) is 2.20. The summed E-state index contributed by atoms with van der Waals surface area (Å²) in [4.78, 5) is 22.9. The molecule has 1 fully saturated rings. The second-order valence-electron chi connectivity index (χ2n) is 5.37. The molecule has 0 bridgehead atoms. The van der Waals surface area contributed by atoms with E-state index in [-0.39, 0.29) is 12.3 Å². The minimum Gasteiger partial charge on any atom is -0.481 e. The van der Waals surface area contributed by atoms with E-state index in [1.54, 1.807) is 0 Å². The lowest BCUT2D eigenvalue weighted by molar-refractivity contribution is -0.137. The molecule has 5 heteroatoms. The predicted octanol–water partition coefficient (Wildman–Crippen LogP) is 2.81. The van der Waals surface area contributed by atoms with Crippen LogP contribution in [0.4, 0.5) is 4.39 Å². The van der Waals surface area contributed by atoms with Crippen molar-refractivity contribution in [1.29, 1.82) is 0 Å². The van der Waals surface area contributed by atoms with Crippen molar-refractivity contribution >= 4 is 11.9 Å². The third-order valence-electron chi connectivity index (χ3n) is 3.55. The average Bonchev–Trinajstić information content (AvgIpc) is 3.22. The molecule has 21 heavy (non-hydrogen) atoms. The number of benzene rings is 1. The van der Waals surface area contributed by atoms with Crippen LogP contribution in [0.25, 0.3) is 0 Å². The summed E-state index contributed by atoms with van der Waals surface area (Å²) in [5.41, 5.74) is 1.59. The predicted molar refractivity (Wildman–Crippen MR) is 76.0 cm³/mol. The quantitative estimate of drug-likeness (QED) is 0.792. The van der Waals surface area contributed by atoms with Crippen LogP contribution in [-0.2, 0) is 9.59 Å². The number of aliphatic carboxylic acids is 1. The van der Waals surface area contributed by atoms with Gasteiger partial charge in [-0.2, -0.15) is 0 Å². The number of carbonyl (C=O) groups is 2. The van der Waals surface area contributed by atoms with E-state index in [1.807, 2.05) is 6.92 Å². The number of allylic oxidation sites excluding steroid dienone is 1. The lowest BCUT2D eigenvalue weighted by atomic mass is 10.0. The number of carboxylic acid groups (broad SMARTS) is 1. The molecule has 4 nitrogen and oxygen atoms in total. The van der Waals surface area contributed by atoms with Crippen molar-refractivity contribution in [3.05, 3.63) is 47.3 Å². The molecule has 1 aromatic rings. The number of rotatable bonds is 6. The van der Waals surface area contributed by atoms with Crippen molar-refractivity contribution < 1.29 is 19.1 Å². The smallest absolute Gasteiger partial charge is 0.305 e. The number of hydrogen-bond donors (Lipinski definition) is 2. The van der Waals surface area contributed by atoms with Crippen molar-refractivity contribution in [3.63, 3.8) is 0 Å². The highest BCUT2D eigenvalue weighted by molar-refractivity contribution is 5.89. The zero-order valence-corrected chi connectivity index (χ0v) is 11.8. The number of halogens is 1. The highest BCUT2D eigenvalue weighted by Crippen LogP contribution is 2.35. The number of carbonyl (C=O) groups excluding carboxylic acids is 1. The largest absolute Gasteiger partial charge is 0.481 e. The average molecular weight is 291 g/mol. The van der Waals surface area contributed by atoms with Gasteiger partial charge >= 0.3 is 5.97 Å². The second-order valence-corrected chi connectivity index (χ2v) is 5.37. The summed E-state index contributed by atoms with van der Waals surface area (Å²) in [6.45, 7) is 1.90. The van der Waals surface area contributed by atoms with Gasteiger partial charge in [-0.1, -0.05) is 17.7 Å². The first-order chi connectivity index (χ1) is 9.95. The number of nitrogens with one attached hydrogen (secondary N) is 1. The Bertz CT molecular complexity index is 561. The lowest BCUT2D eigenvalue weighted by Gasteiger charge is -2.16. The molecule has 0 aliphatic heterocycles. The van der Waals surface area contributed by atoms with E-state index < -0.39 is 17.8 Å². The van der Waals surface area contributed by atoms with Crippen molar-refractivity contribution in [3.8, 4) is 0 Å². The summed E-state index contributed by atoms with van der Waals surface area (Å²) < 4.78 is 12.9. The van der Waals surface area contributed by atoms with Gasteiger partial charge in [0.05, 0.1) is 12.5 Å². The van der Waals surface area contributed by atoms with Crippen molar-refractivity contribution in [2.75, 3.05) is 0 Å². The van der Waals surface area contributed by atoms with E-state index in [9.17, 15) is 14.0 Å². The highest BCUT2D eigenvalue weighted by atomic mass is 19.1. The number of hydrogen-bond acceptors (Lipinski definition) is 2. The van der Waals surface area contributed by atoms with Gasteiger partial charge in [-0.3, -0.25) is 9.59 Å². The summed E-state index contributed by atoms with van der Waals surface area (Å²) in [5.74, 6) is -1.24. The summed E-state index contributed by atoms with van der Waals surface area (Å²) in [6.07, 6.45) is 3.49. The summed E-state index contributed by atoms with van der Waals surface area (Å²) >= 11 is 0. The molecule has 2 N–H and O–H groups in total. The Morgan fingerprint density at radius 1 is 1.38 bits per heavy atom. The van der Waals surface area contributed by atoms with E-state index in [2.05, 4.69) is 5.32 Å². The normalized spacial score (nSPS) is 16.4. The fraction of sp³-hybridized carbons (Fsp3) is 0.375. The van der Waals surface area contributed by atoms with Gasteiger partial charge < -0.3 is 10.4 Å². The summed E-state index contributed by atoms with van der Waals surface area (Å²) in [7, 11) is 0. The van der Waals surface area contributed by atoms with E-state index in [4.69, 9.17) is 5.11 Å². The van der Waals surface area contributed by atoms with Crippen molar-refractivity contribution in [2.45, 2.75) is 32.2 Å². The van der Waals surface area contributed by atoms with E-state index in [0.717, 1.165) is 18.4 Å². The maximum atomic E-state index is 12.9. The van der Waals surface area contributed by atoms with Gasteiger partial charge in [0.25, 0.3) is 0 Å². The number of carboxylic acids is 1. The van der Waals surface area contributed by atoms with Gasteiger partial charge in [-0.05, 0) is 43.4 Å². The van der Waals surface area contributed by atoms with E-state index in [1.165, 1.54) is 30.3 Å². The molecular formula is C16H18FNO3. The van der Waals surface area contributed by atoms with Crippen LogP contribution in [0.1, 0.15) is 37.8 Å². The van der Waals surface area contributed by atoms with Crippen LogP contribution in [0.15, 0.2) is 35.9 Å². The van der Waals surface area contributed by atoms with Gasteiger partial charge in [0.1, 0.15) is 5.82 Å². The van der Waals surface area contributed by atoms with Crippen LogP contribution in [-0.4, -0.2) is 17.0 Å². The standard InChI is InChI=1S/C16H18FNO3/c1-10(11-2-3-11)8-15(19)18-14(9-16(20)21)12-4-6-13(17)7-5-12/h4-8,11,14H,2-3,9H2,1H3,(H,18,19)(H,20,21)/b10-8-. The SMILES string of the molecule is C/C(=C/C(=O)NC(CC(=O)O)c1ccc(F)cc1)C1CC1. The minimum atomic E-state index is -1.02. The molecule has 0 saturated heterocycles. The second kappa shape index (κ2) is 6.52. The monoisotopic (exact) mass is 291 g/mol. The van der Waals surface area contributed by atoms with E-state index >= 15 is 0 Å². The first kappa shape index (κ1) is 15.2. The first-order valence-corrected chi connectivity index (χ1v) is 6.91. The Morgan fingerprint density at radius 3 is 2.52 bits per heavy atom. The Kier molecular flexibility index (Phi) is 4.73. The summed E-state index contributed by atoms with van der Waals surface area (Å²) in [5, 5.41) is 11.6. The van der Waals surface area contributed by atoms with Gasteiger partial charge in [0.15, 0.2) is 0 Å². The van der Waals surface area contributed by atoms with Gasteiger partial charge in [0, 0.05) is 6.08 Å². The molecule has 0 aromatic heterocycles. The lowest BCUT2D eigenvalue weighted by Crippen LogP contribution is -2.29. The molecule has 112 valence electrons. The first-order valence-electron chi connectivity index (χ1n) is 6.91. The molecule has 1 unspecified atom stereocenters. The van der Waals surface area contributed by atoms with Gasteiger partial charge in [0.2, 0.25) is 5.91 Å². The summed E-state index contributed by atoms with van der Waals surface area (Å²) in [6, 6.07) is 4.81. The topological polar surface area (TPSA) is 66.4 Å². The Labute approximate surface area is 122 Å². The van der Waals surface area contributed by atoms with Crippen LogP contribution < -0.4 is 5.32 Å². The molecule has 0 spiro atoms. The van der Waals surface area contributed by atoms with Crippen LogP contribution in [0.2, 0.25) is 0 Å². The minimum absolute atomic E-state index is 0.242. The van der Waals surface area contributed by atoms with Gasteiger partial charge in [-0.25, -0.2) is 4.39 Å². The van der Waals surface area contributed by atoms with Crippen LogP contribution in [0, 0.1) is 11.7 Å². The molecule has 1 saturated carbocycles. The van der Waals surface area contributed by atoms with Crippen LogP contribution in [0.3, 0.4) is 0 Å². The van der Waals surface area contributed by atoms with Crippen LogP contribution >= 0.6 is 0 Å². The van der Waals surface area contributed by atoms with E-state index in [0.29, 0.717) is 11.5 Å². The Morgan fingerprint density at radius 2 is 2.00 bits per heavy atom. The van der Waals surface area contributed by atoms with Crippen LogP contribution in [0.5, 0.6) is 0 Å². The van der Waals surface area contributed by atoms with Crippen molar-refractivity contribution in [2.24, 2.45) is 5.92 Å². The van der Waals surface area contributed by atoms with Crippen molar-refractivity contribution in [1.82, 2.24) is 5.32 Å². The Hall–Kier alpha value is -2.17. The third kappa shape index (κ3) is 4.70. The highest BCUT2D eigenvalue weighted by Gasteiger charge is 2.24. The maximum Gasteiger partial charge on any atom is 0.305 e. The maximum absolute atomic E-state index is 12.9. The molecule has 1 aliphatic carbocycles. The zero-order chi connectivity index (χ0) is 15.4.